The van der Waals surface area contributed by atoms with Gasteiger partial charge in [0.1, 0.15) is 4.90 Å². The van der Waals surface area contributed by atoms with Gasteiger partial charge in [-0.3, -0.25) is 0 Å². The van der Waals surface area contributed by atoms with E-state index in [1.807, 2.05) is 6.92 Å². The second-order valence-electron chi connectivity index (χ2n) is 5.50. The van der Waals surface area contributed by atoms with Gasteiger partial charge in [0, 0.05) is 25.2 Å². The molecule has 0 spiro atoms. The third-order valence-electron chi connectivity index (χ3n) is 3.59. The lowest BCUT2D eigenvalue weighted by Crippen LogP contribution is -2.42. The Balaban J connectivity index is 0.00000312. The number of ether oxygens (including phenoxy) is 1. The lowest BCUT2D eigenvalue weighted by molar-refractivity contribution is -0.154. The molecule has 1 saturated heterocycles. The van der Waals surface area contributed by atoms with Crippen molar-refractivity contribution < 1.29 is 26.3 Å². The third kappa shape index (κ3) is 5.98. The second kappa shape index (κ2) is 9.02. The van der Waals surface area contributed by atoms with Crippen LogP contribution in [0.1, 0.15) is 19.8 Å². The molecule has 0 bridgehead atoms. The molecule has 1 aromatic rings. The molecule has 1 aliphatic rings. The van der Waals surface area contributed by atoms with Crippen molar-refractivity contribution in [3.8, 4) is 5.88 Å². The standard InChI is InChI=1S/C14H20F3N3O3S.ClH/c1-2-7-20(11-5-6-18-8-11)24(21,22)12-3-4-13(19-9-12)23-10-14(15,16)17;/h3-4,9,11,18H,2,5-8,10H2,1H3;1H. The van der Waals surface area contributed by atoms with Crippen molar-refractivity contribution in [2.75, 3.05) is 26.2 Å². The fourth-order valence-corrected chi connectivity index (χ4v) is 4.19. The summed E-state index contributed by atoms with van der Waals surface area (Å²) in [6, 6.07) is 2.23. The van der Waals surface area contributed by atoms with Gasteiger partial charge >= 0.3 is 6.18 Å². The predicted molar refractivity (Wildman–Crippen MR) is 88.5 cm³/mol. The molecule has 11 heteroatoms. The molecule has 0 aliphatic carbocycles. The number of hydrogen-bond donors (Lipinski definition) is 1. The van der Waals surface area contributed by atoms with Crippen LogP contribution in [-0.2, 0) is 10.0 Å². The second-order valence-corrected chi connectivity index (χ2v) is 7.39. The molecule has 6 nitrogen and oxygen atoms in total. The highest BCUT2D eigenvalue weighted by Gasteiger charge is 2.33. The molecule has 1 fully saturated rings. The van der Waals surface area contributed by atoms with Gasteiger partial charge in [0.2, 0.25) is 15.9 Å². The van der Waals surface area contributed by atoms with Gasteiger partial charge in [-0.25, -0.2) is 13.4 Å². The third-order valence-corrected chi connectivity index (χ3v) is 5.52. The summed E-state index contributed by atoms with van der Waals surface area (Å²) in [5, 5.41) is 3.13. The zero-order chi connectivity index (χ0) is 17.8. The van der Waals surface area contributed by atoms with Crippen molar-refractivity contribution >= 4 is 22.4 Å². The molecular formula is C14H21ClF3N3O3S. The van der Waals surface area contributed by atoms with Gasteiger partial charge in [-0.15, -0.1) is 12.4 Å². The minimum atomic E-state index is -4.47. The van der Waals surface area contributed by atoms with Crippen LogP contribution in [0.4, 0.5) is 13.2 Å². The van der Waals surface area contributed by atoms with Crippen molar-refractivity contribution in [2.45, 2.75) is 36.9 Å². The van der Waals surface area contributed by atoms with Gasteiger partial charge in [0.15, 0.2) is 6.61 Å². The van der Waals surface area contributed by atoms with Gasteiger partial charge in [-0.2, -0.15) is 17.5 Å². The van der Waals surface area contributed by atoms with Crippen LogP contribution in [0.15, 0.2) is 23.2 Å². The highest BCUT2D eigenvalue weighted by Crippen LogP contribution is 2.23. The molecule has 0 radical (unpaired) electrons. The number of aromatic nitrogens is 1. The van der Waals surface area contributed by atoms with E-state index in [4.69, 9.17) is 0 Å². The molecule has 25 heavy (non-hydrogen) atoms. The van der Waals surface area contributed by atoms with E-state index in [9.17, 15) is 21.6 Å². The minimum absolute atomic E-state index is 0. The van der Waals surface area contributed by atoms with Crippen LogP contribution in [0.2, 0.25) is 0 Å². The fraction of sp³-hybridized carbons (Fsp3) is 0.643. The summed E-state index contributed by atoms with van der Waals surface area (Å²) in [5.41, 5.74) is 0. The van der Waals surface area contributed by atoms with Crippen molar-refractivity contribution in [2.24, 2.45) is 0 Å². The number of halogens is 4. The van der Waals surface area contributed by atoms with Crippen LogP contribution in [0.25, 0.3) is 0 Å². The Morgan fingerprint density at radius 2 is 2.12 bits per heavy atom. The van der Waals surface area contributed by atoms with Gasteiger partial charge in [0.05, 0.1) is 6.20 Å². The quantitative estimate of drug-likeness (QED) is 0.755. The molecule has 2 rings (SSSR count). The van der Waals surface area contributed by atoms with Gasteiger partial charge in [0.25, 0.3) is 0 Å². The van der Waals surface area contributed by atoms with Crippen LogP contribution < -0.4 is 10.1 Å². The molecule has 144 valence electrons. The summed E-state index contributed by atoms with van der Waals surface area (Å²) in [4.78, 5) is 3.62. The minimum Gasteiger partial charge on any atom is -0.468 e. The van der Waals surface area contributed by atoms with Crippen LogP contribution in [-0.4, -0.2) is 56.2 Å². The number of sulfonamides is 1. The van der Waals surface area contributed by atoms with Gasteiger partial charge in [-0.1, -0.05) is 6.92 Å². The maximum absolute atomic E-state index is 12.8. The van der Waals surface area contributed by atoms with E-state index < -0.39 is 22.8 Å². The zero-order valence-corrected chi connectivity index (χ0v) is 15.3. The van der Waals surface area contributed by atoms with Crippen LogP contribution >= 0.6 is 12.4 Å². The van der Waals surface area contributed by atoms with Crippen molar-refractivity contribution in [1.82, 2.24) is 14.6 Å². The molecule has 1 atom stereocenters. The average Bonchev–Trinajstić information content (AvgIpc) is 3.04. The maximum Gasteiger partial charge on any atom is 0.422 e. The Labute approximate surface area is 151 Å². The average molecular weight is 404 g/mol. The summed E-state index contributed by atoms with van der Waals surface area (Å²) in [5.74, 6) is -0.268. The smallest absolute Gasteiger partial charge is 0.422 e. The van der Waals surface area contributed by atoms with Gasteiger partial charge < -0.3 is 10.1 Å². The normalized spacial score (nSPS) is 18.2. The number of hydrogen-bond acceptors (Lipinski definition) is 5. The van der Waals surface area contributed by atoms with Crippen molar-refractivity contribution in [1.29, 1.82) is 0 Å². The first-order chi connectivity index (χ1) is 11.2. The molecule has 1 unspecified atom stereocenters. The van der Waals surface area contributed by atoms with Crippen LogP contribution in [0.5, 0.6) is 5.88 Å². The zero-order valence-electron chi connectivity index (χ0n) is 13.6. The number of nitrogens with one attached hydrogen (secondary N) is 1. The van der Waals surface area contributed by atoms with E-state index >= 15 is 0 Å². The van der Waals surface area contributed by atoms with E-state index in [0.717, 1.165) is 25.2 Å². The number of alkyl halides is 3. The lowest BCUT2D eigenvalue weighted by Gasteiger charge is -2.27. The predicted octanol–water partition coefficient (Wildman–Crippen LogP) is 2.21. The first-order valence-electron chi connectivity index (χ1n) is 7.62. The van der Waals surface area contributed by atoms with E-state index in [1.165, 1.54) is 10.4 Å². The maximum atomic E-state index is 12.8. The van der Waals surface area contributed by atoms with Crippen LogP contribution in [0, 0.1) is 0 Å². The topological polar surface area (TPSA) is 71.5 Å². The molecular weight excluding hydrogens is 383 g/mol. The van der Waals surface area contributed by atoms with Gasteiger partial charge in [-0.05, 0) is 25.5 Å². The summed E-state index contributed by atoms with van der Waals surface area (Å²) >= 11 is 0. The molecule has 0 aromatic carbocycles. The summed E-state index contributed by atoms with van der Waals surface area (Å²) in [6.45, 7) is 2.13. The Kier molecular flexibility index (Phi) is 7.91. The van der Waals surface area contributed by atoms with E-state index in [0.29, 0.717) is 19.5 Å². The van der Waals surface area contributed by atoms with Crippen molar-refractivity contribution in [3.05, 3.63) is 18.3 Å². The molecule has 1 N–H and O–H groups in total. The summed E-state index contributed by atoms with van der Waals surface area (Å²) in [6.07, 6.45) is -2.05. The molecule has 1 aliphatic heterocycles. The van der Waals surface area contributed by atoms with E-state index in [-0.39, 0.29) is 29.2 Å². The first-order valence-corrected chi connectivity index (χ1v) is 9.06. The number of rotatable bonds is 7. The number of nitrogens with zero attached hydrogens (tertiary/aromatic N) is 2. The summed E-state index contributed by atoms with van der Waals surface area (Å²) < 4.78 is 67.8. The molecule has 2 heterocycles. The Bertz CT molecular complexity index is 635. The van der Waals surface area contributed by atoms with Crippen molar-refractivity contribution in [3.63, 3.8) is 0 Å². The summed E-state index contributed by atoms with van der Waals surface area (Å²) in [7, 11) is -3.75. The highest BCUT2D eigenvalue weighted by atomic mass is 35.5. The molecule has 1 aromatic heterocycles. The van der Waals surface area contributed by atoms with E-state index in [2.05, 4.69) is 15.0 Å². The Hall–Kier alpha value is -1.10. The highest BCUT2D eigenvalue weighted by molar-refractivity contribution is 7.89. The van der Waals surface area contributed by atoms with Crippen LogP contribution in [0.3, 0.4) is 0 Å². The Morgan fingerprint density at radius 3 is 2.60 bits per heavy atom. The van der Waals surface area contributed by atoms with E-state index in [1.54, 1.807) is 0 Å². The molecule has 0 saturated carbocycles. The monoisotopic (exact) mass is 403 g/mol. The Morgan fingerprint density at radius 1 is 1.40 bits per heavy atom. The molecule has 0 amide bonds. The first kappa shape index (κ1) is 21.9. The SMILES string of the molecule is CCCN(C1CCNC1)S(=O)(=O)c1ccc(OCC(F)(F)F)nc1.Cl. The largest absolute Gasteiger partial charge is 0.468 e. The number of pyridine rings is 1. The fourth-order valence-electron chi connectivity index (χ4n) is 2.50. The lowest BCUT2D eigenvalue weighted by atomic mass is 10.2.